The fourth-order valence-corrected chi connectivity index (χ4v) is 5.87. The Kier molecular flexibility index (Phi) is 13.7. The third-order valence-electron chi connectivity index (χ3n) is 8.43. The molecule has 0 spiro atoms. The van der Waals surface area contributed by atoms with Gasteiger partial charge in [0.05, 0.1) is 18.6 Å². The summed E-state index contributed by atoms with van der Waals surface area (Å²) >= 11 is 0. The molecule has 4 atom stereocenters. The summed E-state index contributed by atoms with van der Waals surface area (Å²) < 4.78 is 11.4. The molecular formula is C39H45N3O7. The molecule has 49 heavy (non-hydrogen) atoms. The fraction of sp³-hybridized carbons (Fsp3) is 0.333. The Morgan fingerprint density at radius 2 is 1.47 bits per heavy atom. The minimum atomic E-state index is -1.02. The predicted molar refractivity (Wildman–Crippen MR) is 187 cm³/mol. The molecule has 0 saturated heterocycles. The Morgan fingerprint density at radius 3 is 2.08 bits per heavy atom. The van der Waals surface area contributed by atoms with E-state index >= 15 is 0 Å². The lowest BCUT2D eigenvalue weighted by Gasteiger charge is -2.24. The quantitative estimate of drug-likeness (QED) is 0.106. The summed E-state index contributed by atoms with van der Waals surface area (Å²) in [6.45, 7) is 8.74. The van der Waals surface area contributed by atoms with Gasteiger partial charge in [0.1, 0.15) is 19.3 Å². The number of ether oxygens (including phenoxy) is 2. The number of hydrogen-bond acceptors (Lipinski definition) is 7. The SMILES string of the molecule is C=CCC[C@H](NC(=O)OCC1c2ccccc2-c2ccccc21)C(=O)OC[C@H](NC(=O)[C@H](CC=C)CC(=O)N[C@H](C)CO)c1ccccc1. The maximum absolute atomic E-state index is 13.4. The molecule has 0 radical (unpaired) electrons. The number of esters is 1. The molecule has 3 amide bonds. The fourth-order valence-electron chi connectivity index (χ4n) is 5.87. The van der Waals surface area contributed by atoms with E-state index in [4.69, 9.17) is 9.47 Å². The van der Waals surface area contributed by atoms with Crippen LogP contribution in [0, 0.1) is 5.92 Å². The molecule has 0 fully saturated rings. The van der Waals surface area contributed by atoms with Gasteiger partial charge in [0.2, 0.25) is 11.8 Å². The number of aliphatic hydroxyl groups excluding tert-OH is 1. The van der Waals surface area contributed by atoms with Crippen molar-refractivity contribution in [3.05, 3.63) is 121 Å². The van der Waals surface area contributed by atoms with Gasteiger partial charge in [-0.2, -0.15) is 0 Å². The smallest absolute Gasteiger partial charge is 0.407 e. The zero-order valence-corrected chi connectivity index (χ0v) is 27.8. The first-order valence-corrected chi connectivity index (χ1v) is 16.5. The van der Waals surface area contributed by atoms with Gasteiger partial charge in [-0.05, 0) is 54.0 Å². The first-order chi connectivity index (χ1) is 23.7. The highest BCUT2D eigenvalue weighted by Gasteiger charge is 2.31. The number of amides is 3. The van der Waals surface area contributed by atoms with Crippen LogP contribution in [0.1, 0.15) is 61.3 Å². The van der Waals surface area contributed by atoms with Crippen molar-refractivity contribution in [2.45, 2.75) is 56.7 Å². The van der Waals surface area contributed by atoms with E-state index in [-0.39, 0.29) is 50.9 Å². The van der Waals surface area contributed by atoms with Crippen molar-refractivity contribution in [2.75, 3.05) is 19.8 Å². The third-order valence-corrected chi connectivity index (χ3v) is 8.43. The van der Waals surface area contributed by atoms with Crippen molar-refractivity contribution in [2.24, 2.45) is 5.92 Å². The van der Waals surface area contributed by atoms with E-state index < -0.39 is 42.0 Å². The third kappa shape index (κ3) is 10.1. The molecule has 0 aromatic heterocycles. The van der Waals surface area contributed by atoms with Crippen LogP contribution in [0.25, 0.3) is 11.1 Å². The summed E-state index contributed by atoms with van der Waals surface area (Å²) in [7, 11) is 0. The van der Waals surface area contributed by atoms with Crippen molar-refractivity contribution in [3.63, 3.8) is 0 Å². The molecule has 0 bridgehead atoms. The van der Waals surface area contributed by atoms with Gasteiger partial charge in [-0.1, -0.05) is 91.0 Å². The van der Waals surface area contributed by atoms with E-state index in [1.807, 2.05) is 42.5 Å². The number of alkyl carbamates (subject to hydrolysis) is 1. The lowest BCUT2D eigenvalue weighted by atomic mass is 9.98. The molecule has 3 aromatic rings. The number of carbonyl (C=O) groups is 4. The number of nitrogens with one attached hydrogen (secondary N) is 3. The molecule has 0 aliphatic heterocycles. The lowest BCUT2D eigenvalue weighted by molar-refractivity contribution is -0.147. The second-order valence-corrected chi connectivity index (χ2v) is 12.1. The van der Waals surface area contributed by atoms with Crippen LogP contribution in [0.5, 0.6) is 0 Å². The maximum atomic E-state index is 13.4. The highest BCUT2D eigenvalue weighted by atomic mass is 16.6. The number of fused-ring (bicyclic) bond motifs is 3. The molecule has 0 unspecified atom stereocenters. The van der Waals surface area contributed by atoms with Crippen molar-refractivity contribution in [3.8, 4) is 11.1 Å². The van der Waals surface area contributed by atoms with Gasteiger partial charge in [0.25, 0.3) is 0 Å². The van der Waals surface area contributed by atoms with Crippen molar-refractivity contribution in [1.29, 1.82) is 0 Å². The Labute approximate surface area is 287 Å². The van der Waals surface area contributed by atoms with Crippen molar-refractivity contribution in [1.82, 2.24) is 16.0 Å². The van der Waals surface area contributed by atoms with Gasteiger partial charge in [-0.15, -0.1) is 13.2 Å². The molecule has 3 aromatic carbocycles. The van der Waals surface area contributed by atoms with Crippen LogP contribution in [0.3, 0.4) is 0 Å². The van der Waals surface area contributed by atoms with Gasteiger partial charge in [0, 0.05) is 18.4 Å². The topological polar surface area (TPSA) is 143 Å². The first-order valence-electron chi connectivity index (χ1n) is 16.5. The Balaban J connectivity index is 1.40. The highest BCUT2D eigenvalue weighted by molar-refractivity contribution is 5.86. The summed E-state index contributed by atoms with van der Waals surface area (Å²) in [5.41, 5.74) is 5.05. The van der Waals surface area contributed by atoms with Crippen LogP contribution >= 0.6 is 0 Å². The minimum Gasteiger partial charge on any atom is -0.462 e. The second kappa shape index (κ2) is 18.4. The molecule has 4 rings (SSSR count). The number of hydrogen-bond donors (Lipinski definition) is 4. The van der Waals surface area contributed by atoms with Crippen LogP contribution in [-0.2, 0) is 23.9 Å². The van der Waals surface area contributed by atoms with Crippen LogP contribution < -0.4 is 16.0 Å². The summed E-state index contributed by atoms with van der Waals surface area (Å²) in [5.74, 6) is -2.36. The Hall–Kier alpha value is -5.22. The van der Waals surface area contributed by atoms with Crippen LogP contribution in [0.4, 0.5) is 4.79 Å². The molecule has 4 N–H and O–H groups in total. The summed E-state index contributed by atoms with van der Waals surface area (Å²) in [6, 6.07) is 22.8. The van der Waals surface area contributed by atoms with Gasteiger partial charge >= 0.3 is 12.1 Å². The molecule has 0 saturated carbocycles. The number of carbonyl (C=O) groups excluding carboxylic acids is 4. The van der Waals surface area contributed by atoms with Gasteiger partial charge in [-0.3, -0.25) is 9.59 Å². The zero-order chi connectivity index (χ0) is 35.2. The Bertz CT molecular complexity index is 1560. The normalized spacial score (nSPS) is 14.2. The van der Waals surface area contributed by atoms with E-state index in [2.05, 4.69) is 41.2 Å². The van der Waals surface area contributed by atoms with E-state index in [0.29, 0.717) is 12.0 Å². The summed E-state index contributed by atoms with van der Waals surface area (Å²) in [4.78, 5) is 52.3. The van der Waals surface area contributed by atoms with E-state index in [0.717, 1.165) is 22.3 Å². The molecule has 258 valence electrons. The van der Waals surface area contributed by atoms with E-state index in [9.17, 15) is 24.3 Å². The molecule has 1 aliphatic rings. The average molecular weight is 668 g/mol. The van der Waals surface area contributed by atoms with E-state index in [1.54, 1.807) is 43.3 Å². The van der Waals surface area contributed by atoms with Gasteiger partial charge in [0.15, 0.2) is 0 Å². The molecule has 10 nitrogen and oxygen atoms in total. The summed E-state index contributed by atoms with van der Waals surface area (Å²) in [5, 5.41) is 17.5. The minimum absolute atomic E-state index is 0.0913. The second-order valence-electron chi connectivity index (χ2n) is 12.1. The van der Waals surface area contributed by atoms with Crippen LogP contribution in [-0.4, -0.2) is 60.9 Å². The number of allylic oxidation sites excluding steroid dienone is 2. The van der Waals surface area contributed by atoms with Gasteiger partial charge < -0.3 is 30.5 Å². The number of rotatable bonds is 18. The molecule has 10 heteroatoms. The average Bonchev–Trinajstić information content (AvgIpc) is 3.44. The number of aliphatic hydroxyl groups is 1. The molecular weight excluding hydrogens is 622 g/mol. The zero-order valence-electron chi connectivity index (χ0n) is 27.8. The standard InChI is InChI=1S/C39H45N3O7/c1-4-6-21-34(42-39(47)49-24-33-31-19-12-10-17-29(31)30-18-11-13-20-32(30)33)38(46)48-25-35(27-15-8-7-9-16-27)41-37(45)28(14-5-2)22-36(44)40-26(3)23-43/h4-5,7-13,15-20,26,28,33-35,43H,1-2,6,14,21-25H2,3H3,(H,40,44)(H,41,45)(H,42,47)/t26-,28-,34+,35+/m1/s1. The van der Waals surface area contributed by atoms with Crippen LogP contribution in [0.15, 0.2) is 104 Å². The van der Waals surface area contributed by atoms with Crippen LogP contribution in [0.2, 0.25) is 0 Å². The van der Waals surface area contributed by atoms with E-state index in [1.165, 1.54) is 0 Å². The van der Waals surface area contributed by atoms with Crippen molar-refractivity contribution >= 4 is 23.9 Å². The lowest BCUT2D eigenvalue weighted by Crippen LogP contribution is -2.44. The molecule has 1 aliphatic carbocycles. The summed E-state index contributed by atoms with van der Waals surface area (Å²) in [6.07, 6.45) is 3.24. The largest absolute Gasteiger partial charge is 0.462 e. The highest BCUT2D eigenvalue weighted by Crippen LogP contribution is 2.44. The maximum Gasteiger partial charge on any atom is 0.407 e. The van der Waals surface area contributed by atoms with Gasteiger partial charge in [-0.25, -0.2) is 9.59 Å². The predicted octanol–water partition coefficient (Wildman–Crippen LogP) is 5.34. The Morgan fingerprint density at radius 1 is 0.837 bits per heavy atom. The molecule has 0 heterocycles. The van der Waals surface area contributed by atoms with Crippen molar-refractivity contribution < 1.29 is 33.8 Å². The number of benzene rings is 3. The first kappa shape index (κ1) is 36.6. The monoisotopic (exact) mass is 667 g/mol.